The number of hydrogen-bond acceptors (Lipinski definition) is 3. The highest BCUT2D eigenvalue weighted by Gasteiger charge is 2.21. The third-order valence-corrected chi connectivity index (χ3v) is 4.67. The van der Waals surface area contributed by atoms with E-state index in [1.165, 1.54) is 10.7 Å². The van der Waals surface area contributed by atoms with E-state index in [-0.39, 0.29) is 5.56 Å². The van der Waals surface area contributed by atoms with Crippen molar-refractivity contribution >= 4 is 17.0 Å². The van der Waals surface area contributed by atoms with Crippen LogP contribution in [0.2, 0.25) is 0 Å². The fourth-order valence-electron chi connectivity index (χ4n) is 3.42. The van der Waals surface area contributed by atoms with Gasteiger partial charge in [-0.1, -0.05) is 36.4 Å². The molecule has 0 aliphatic rings. The molecule has 0 amide bonds. The van der Waals surface area contributed by atoms with Crippen LogP contribution in [0, 0.1) is 12.7 Å². The monoisotopic (exact) mass is 375 g/mol. The molecular formula is C22H18FN3O2. The maximum absolute atomic E-state index is 15.0. The number of aromatic carboxylic acids is 1. The van der Waals surface area contributed by atoms with Crippen LogP contribution in [0.1, 0.15) is 15.9 Å². The molecule has 5 nitrogen and oxygen atoms in total. The van der Waals surface area contributed by atoms with Crippen molar-refractivity contribution in [3.05, 3.63) is 77.6 Å². The molecular weight excluding hydrogens is 357 g/mol. The van der Waals surface area contributed by atoms with Gasteiger partial charge in [-0.15, -0.1) is 0 Å². The Morgan fingerprint density at radius 1 is 1.07 bits per heavy atom. The molecule has 2 N–H and O–H groups in total. The third-order valence-electron chi connectivity index (χ3n) is 4.67. The van der Waals surface area contributed by atoms with Crippen molar-refractivity contribution in [2.24, 2.45) is 0 Å². The molecule has 6 heteroatoms. The van der Waals surface area contributed by atoms with Crippen LogP contribution in [-0.4, -0.2) is 27.8 Å². The quantitative estimate of drug-likeness (QED) is 0.543. The molecule has 0 fully saturated rings. The van der Waals surface area contributed by atoms with Crippen molar-refractivity contribution in [3.63, 3.8) is 0 Å². The van der Waals surface area contributed by atoms with Gasteiger partial charge in [-0.25, -0.2) is 18.8 Å². The Bertz CT molecular complexity index is 1200. The van der Waals surface area contributed by atoms with Gasteiger partial charge in [0, 0.05) is 7.05 Å². The van der Waals surface area contributed by atoms with Crippen LogP contribution in [0.3, 0.4) is 0 Å². The topological polar surface area (TPSA) is 67.2 Å². The van der Waals surface area contributed by atoms with Crippen LogP contribution >= 0.6 is 0 Å². The highest BCUT2D eigenvalue weighted by atomic mass is 19.1. The van der Waals surface area contributed by atoms with Crippen LogP contribution in [0.15, 0.2) is 60.7 Å². The summed E-state index contributed by atoms with van der Waals surface area (Å²) in [5, 5.41) is 9.58. The van der Waals surface area contributed by atoms with Crippen molar-refractivity contribution in [2.45, 2.75) is 6.92 Å². The van der Waals surface area contributed by atoms with Gasteiger partial charge in [0.05, 0.1) is 16.6 Å². The molecule has 0 atom stereocenters. The number of aryl methyl sites for hydroxylation is 1. The first kappa shape index (κ1) is 17.7. The summed E-state index contributed by atoms with van der Waals surface area (Å²) in [4.78, 5) is 16.2. The number of benzene rings is 3. The molecule has 0 spiro atoms. The van der Waals surface area contributed by atoms with Crippen LogP contribution in [0.4, 0.5) is 4.39 Å². The first-order valence-electron chi connectivity index (χ1n) is 8.79. The van der Waals surface area contributed by atoms with Gasteiger partial charge in [-0.05, 0) is 47.9 Å². The van der Waals surface area contributed by atoms with Crippen molar-refractivity contribution in [3.8, 4) is 22.5 Å². The Labute approximate surface area is 161 Å². The molecule has 0 saturated heterocycles. The minimum absolute atomic E-state index is 0.115. The lowest BCUT2D eigenvalue weighted by Crippen LogP contribution is -2.13. The zero-order valence-electron chi connectivity index (χ0n) is 15.4. The molecule has 0 aliphatic carbocycles. The Hall–Kier alpha value is -3.67. The lowest BCUT2D eigenvalue weighted by Gasteiger charge is -2.11. The predicted octanol–water partition coefficient (Wildman–Crippen LogP) is 4.69. The van der Waals surface area contributed by atoms with E-state index in [1.807, 2.05) is 36.4 Å². The van der Waals surface area contributed by atoms with Gasteiger partial charge in [-0.3, -0.25) is 0 Å². The lowest BCUT2D eigenvalue weighted by atomic mass is 10.0. The number of nitrogens with zero attached hydrogens (tertiary/aromatic N) is 2. The molecule has 0 bridgehead atoms. The minimum Gasteiger partial charge on any atom is -0.478 e. The van der Waals surface area contributed by atoms with E-state index in [9.17, 15) is 9.90 Å². The average Bonchev–Trinajstić information content (AvgIpc) is 3.05. The fourth-order valence-corrected chi connectivity index (χ4v) is 3.42. The zero-order valence-corrected chi connectivity index (χ0v) is 15.4. The maximum Gasteiger partial charge on any atom is 0.337 e. The fraction of sp³-hybridized carbons (Fsp3) is 0.0909. The first-order chi connectivity index (χ1) is 13.5. The standard InChI is InChI=1S/C22H18FN3O2/c1-13-10-17(22(27)28)20-19(11-13)25-21(26(20)24-2)16-9-8-15(12-18(16)23)14-6-4-3-5-7-14/h3-12,24H,1-2H3,(H,27,28). The zero-order chi connectivity index (χ0) is 19.8. The lowest BCUT2D eigenvalue weighted by molar-refractivity contribution is 0.0698. The van der Waals surface area contributed by atoms with Gasteiger partial charge in [0.1, 0.15) is 11.3 Å². The molecule has 4 aromatic rings. The molecule has 3 aromatic carbocycles. The third kappa shape index (κ3) is 2.89. The number of carbonyl (C=O) groups is 1. The molecule has 1 heterocycles. The molecule has 0 unspecified atom stereocenters. The molecule has 4 rings (SSSR count). The van der Waals surface area contributed by atoms with Gasteiger partial charge in [-0.2, -0.15) is 0 Å². The summed E-state index contributed by atoms with van der Waals surface area (Å²) in [7, 11) is 1.65. The van der Waals surface area contributed by atoms with E-state index in [0.717, 1.165) is 16.7 Å². The van der Waals surface area contributed by atoms with E-state index in [1.54, 1.807) is 32.2 Å². The summed E-state index contributed by atoms with van der Waals surface area (Å²) in [6.07, 6.45) is 0. The second-order valence-corrected chi connectivity index (χ2v) is 6.54. The number of hydrogen-bond donors (Lipinski definition) is 2. The Morgan fingerprint density at radius 2 is 1.82 bits per heavy atom. The number of carboxylic acids is 1. The van der Waals surface area contributed by atoms with E-state index in [4.69, 9.17) is 0 Å². The number of imidazole rings is 1. The summed E-state index contributed by atoms with van der Waals surface area (Å²) in [6.45, 7) is 1.80. The van der Waals surface area contributed by atoms with Crippen LogP contribution in [-0.2, 0) is 0 Å². The summed E-state index contributed by atoms with van der Waals surface area (Å²) in [6, 6.07) is 17.9. The van der Waals surface area contributed by atoms with E-state index in [0.29, 0.717) is 22.4 Å². The smallest absolute Gasteiger partial charge is 0.337 e. The summed E-state index contributed by atoms with van der Waals surface area (Å²) in [5.74, 6) is -1.17. The molecule has 28 heavy (non-hydrogen) atoms. The highest BCUT2D eigenvalue weighted by molar-refractivity contribution is 6.02. The number of fused-ring (bicyclic) bond motifs is 1. The van der Waals surface area contributed by atoms with Crippen molar-refractivity contribution in [1.82, 2.24) is 9.66 Å². The summed E-state index contributed by atoms with van der Waals surface area (Å²) in [5.41, 5.74) is 6.69. The number of aromatic nitrogens is 2. The number of rotatable bonds is 4. The SMILES string of the molecule is CNn1c(-c2ccc(-c3ccccc3)cc2F)nc2cc(C)cc(C(=O)O)c21. The molecule has 0 aliphatic heterocycles. The second kappa shape index (κ2) is 6.81. The number of nitrogens with one attached hydrogen (secondary N) is 1. The predicted molar refractivity (Wildman–Crippen MR) is 108 cm³/mol. The van der Waals surface area contributed by atoms with Gasteiger partial charge in [0.25, 0.3) is 0 Å². The molecule has 0 saturated carbocycles. The largest absolute Gasteiger partial charge is 0.478 e. The van der Waals surface area contributed by atoms with Crippen molar-refractivity contribution in [1.29, 1.82) is 0 Å². The summed E-state index contributed by atoms with van der Waals surface area (Å²) < 4.78 is 16.5. The van der Waals surface area contributed by atoms with E-state index >= 15 is 4.39 Å². The van der Waals surface area contributed by atoms with E-state index < -0.39 is 11.8 Å². The van der Waals surface area contributed by atoms with E-state index in [2.05, 4.69) is 10.4 Å². The Kier molecular flexibility index (Phi) is 4.31. The Morgan fingerprint density at radius 3 is 2.46 bits per heavy atom. The van der Waals surface area contributed by atoms with Gasteiger partial charge in [0.15, 0.2) is 5.82 Å². The molecule has 140 valence electrons. The summed E-state index contributed by atoms with van der Waals surface area (Å²) >= 11 is 0. The highest BCUT2D eigenvalue weighted by Crippen LogP contribution is 2.31. The van der Waals surface area contributed by atoms with Crippen molar-refractivity contribution < 1.29 is 14.3 Å². The number of halogens is 1. The normalized spacial score (nSPS) is 11.0. The minimum atomic E-state index is -1.06. The number of carboxylic acid groups (broad SMARTS) is 1. The van der Waals surface area contributed by atoms with Crippen LogP contribution < -0.4 is 5.43 Å². The first-order valence-corrected chi connectivity index (χ1v) is 8.79. The van der Waals surface area contributed by atoms with Gasteiger partial charge >= 0.3 is 5.97 Å². The average molecular weight is 375 g/mol. The molecule has 0 radical (unpaired) electrons. The van der Waals surface area contributed by atoms with Gasteiger partial charge in [0.2, 0.25) is 0 Å². The van der Waals surface area contributed by atoms with Crippen molar-refractivity contribution in [2.75, 3.05) is 12.5 Å². The Balaban J connectivity index is 1.92. The van der Waals surface area contributed by atoms with Crippen LogP contribution in [0.5, 0.6) is 0 Å². The van der Waals surface area contributed by atoms with Gasteiger partial charge < -0.3 is 10.5 Å². The maximum atomic E-state index is 15.0. The molecule has 1 aromatic heterocycles. The second-order valence-electron chi connectivity index (χ2n) is 6.54. The van der Waals surface area contributed by atoms with Crippen LogP contribution in [0.25, 0.3) is 33.5 Å².